The number of rotatable bonds is 5. The van der Waals surface area contributed by atoms with Crippen molar-refractivity contribution < 1.29 is 5.11 Å². The van der Waals surface area contributed by atoms with Gasteiger partial charge in [0.1, 0.15) is 0 Å². The molecule has 0 aromatic heterocycles. The molecule has 29 heavy (non-hydrogen) atoms. The summed E-state index contributed by atoms with van der Waals surface area (Å²) in [5, 5.41) is 14.8. The molecule has 3 heteroatoms. The molecule has 3 nitrogen and oxygen atoms in total. The Kier molecular flexibility index (Phi) is 9.20. The number of benzene rings is 2. The van der Waals surface area contributed by atoms with Gasteiger partial charge in [0.25, 0.3) is 0 Å². The van der Waals surface area contributed by atoms with Crippen LogP contribution in [0.4, 0.5) is 0 Å². The average Bonchev–Trinajstić information content (AvgIpc) is 2.76. The van der Waals surface area contributed by atoms with Crippen LogP contribution in [-0.2, 0) is 0 Å². The van der Waals surface area contributed by atoms with Crippen LogP contribution in [0.2, 0.25) is 0 Å². The fourth-order valence-electron chi connectivity index (χ4n) is 4.53. The summed E-state index contributed by atoms with van der Waals surface area (Å²) in [7, 11) is 0. The maximum absolute atomic E-state index is 11.0. The van der Waals surface area contributed by atoms with E-state index in [4.69, 9.17) is 5.73 Å². The van der Waals surface area contributed by atoms with Crippen LogP contribution in [0, 0.1) is 0 Å². The van der Waals surface area contributed by atoms with Crippen LogP contribution in [0.15, 0.2) is 60.7 Å². The smallest absolute Gasteiger partial charge is 0.0693 e. The van der Waals surface area contributed by atoms with Crippen LogP contribution >= 0.6 is 0 Å². The van der Waals surface area contributed by atoms with Gasteiger partial charge in [-0.3, -0.25) is 0 Å². The Bertz CT molecular complexity index is 676. The zero-order chi connectivity index (χ0) is 20.3. The molecular formula is C26H38N2O. The molecule has 2 unspecified atom stereocenters. The molecule has 4 atom stereocenters. The van der Waals surface area contributed by atoms with Crippen molar-refractivity contribution in [3.63, 3.8) is 0 Å². The molecule has 158 valence electrons. The maximum atomic E-state index is 11.0. The Labute approximate surface area is 176 Å². The molecule has 4 N–H and O–H groups in total. The highest BCUT2D eigenvalue weighted by molar-refractivity contribution is 5.27. The van der Waals surface area contributed by atoms with Gasteiger partial charge in [-0.15, -0.1) is 0 Å². The van der Waals surface area contributed by atoms with Gasteiger partial charge in [0.05, 0.1) is 12.1 Å². The van der Waals surface area contributed by atoms with Crippen molar-refractivity contribution in [3.8, 4) is 0 Å². The lowest BCUT2D eigenvalue weighted by molar-refractivity contribution is 0.0999. The number of hydrogen-bond donors (Lipinski definition) is 3. The van der Waals surface area contributed by atoms with E-state index in [2.05, 4.69) is 41.7 Å². The molecule has 0 bridgehead atoms. The molecule has 3 rings (SSSR count). The Morgan fingerprint density at radius 3 is 1.76 bits per heavy atom. The SMILES string of the molecule is N[C@H](c1ccccc1)[C@H](NC1CCCCCCCCCCC1O)c1ccccc1. The molecule has 2 aromatic rings. The summed E-state index contributed by atoms with van der Waals surface area (Å²) >= 11 is 0. The van der Waals surface area contributed by atoms with Crippen molar-refractivity contribution in [2.24, 2.45) is 5.73 Å². The van der Waals surface area contributed by atoms with Gasteiger partial charge >= 0.3 is 0 Å². The zero-order valence-corrected chi connectivity index (χ0v) is 17.7. The van der Waals surface area contributed by atoms with Crippen molar-refractivity contribution in [1.82, 2.24) is 5.32 Å². The van der Waals surface area contributed by atoms with Crippen LogP contribution in [0.25, 0.3) is 0 Å². The third-order valence-corrected chi connectivity index (χ3v) is 6.33. The molecule has 2 aromatic carbocycles. The minimum absolute atomic E-state index is 0.0221. The summed E-state index contributed by atoms with van der Waals surface area (Å²) in [6.45, 7) is 0. The van der Waals surface area contributed by atoms with Gasteiger partial charge in [-0.05, 0) is 24.0 Å². The van der Waals surface area contributed by atoms with E-state index < -0.39 is 0 Å². The number of nitrogens with two attached hydrogens (primary N) is 1. The molecule has 0 heterocycles. The number of aliphatic hydroxyl groups excluding tert-OH is 1. The molecule has 0 amide bonds. The fourth-order valence-corrected chi connectivity index (χ4v) is 4.53. The molecule has 0 spiro atoms. The summed E-state index contributed by atoms with van der Waals surface area (Å²) in [5.74, 6) is 0. The van der Waals surface area contributed by atoms with E-state index in [-0.39, 0.29) is 24.2 Å². The lowest BCUT2D eigenvalue weighted by Gasteiger charge is -2.33. The predicted molar refractivity (Wildman–Crippen MR) is 122 cm³/mol. The van der Waals surface area contributed by atoms with E-state index in [0.29, 0.717) is 0 Å². The first-order valence-corrected chi connectivity index (χ1v) is 11.6. The van der Waals surface area contributed by atoms with E-state index in [1.165, 1.54) is 44.1 Å². The summed E-state index contributed by atoms with van der Waals surface area (Å²) in [6, 6.07) is 20.7. The van der Waals surface area contributed by atoms with Gasteiger partial charge in [-0.25, -0.2) is 0 Å². The van der Waals surface area contributed by atoms with Gasteiger partial charge in [0, 0.05) is 12.1 Å². The van der Waals surface area contributed by atoms with Gasteiger partial charge < -0.3 is 16.2 Å². The fraction of sp³-hybridized carbons (Fsp3) is 0.538. The van der Waals surface area contributed by atoms with Crippen molar-refractivity contribution >= 4 is 0 Å². The van der Waals surface area contributed by atoms with Crippen molar-refractivity contribution in [3.05, 3.63) is 71.8 Å². The third-order valence-electron chi connectivity index (χ3n) is 6.33. The third kappa shape index (κ3) is 6.95. The summed E-state index contributed by atoms with van der Waals surface area (Å²) in [5.41, 5.74) is 9.07. The Morgan fingerprint density at radius 1 is 0.690 bits per heavy atom. The van der Waals surface area contributed by atoms with Crippen molar-refractivity contribution in [2.75, 3.05) is 0 Å². The van der Waals surface area contributed by atoms with Crippen molar-refractivity contribution in [1.29, 1.82) is 0 Å². The standard InChI is InChI=1S/C26H38N2O/c27-25(21-15-9-7-10-16-21)26(22-17-11-8-12-18-22)28-23-19-13-5-3-1-2-4-6-14-20-24(23)29/h7-12,15-18,23-26,28-29H,1-6,13-14,19-20,27H2/t23?,24?,25-,26-/m1/s1. The first kappa shape index (κ1) is 22.0. The second kappa shape index (κ2) is 12.1. The van der Waals surface area contributed by atoms with E-state index in [9.17, 15) is 5.11 Å². The minimum Gasteiger partial charge on any atom is -0.392 e. The Balaban J connectivity index is 1.78. The number of hydrogen-bond acceptors (Lipinski definition) is 3. The monoisotopic (exact) mass is 394 g/mol. The normalized spacial score (nSPS) is 24.1. The van der Waals surface area contributed by atoms with Crippen LogP contribution in [-0.4, -0.2) is 17.3 Å². The summed E-state index contributed by atoms with van der Waals surface area (Å²) in [6.07, 6.45) is 11.6. The highest BCUT2D eigenvalue weighted by Gasteiger charge is 2.27. The molecule has 0 saturated heterocycles. The zero-order valence-electron chi connectivity index (χ0n) is 17.7. The van der Waals surface area contributed by atoms with Crippen LogP contribution in [0.5, 0.6) is 0 Å². The van der Waals surface area contributed by atoms with Crippen LogP contribution < -0.4 is 11.1 Å². The average molecular weight is 395 g/mol. The van der Waals surface area contributed by atoms with Gasteiger partial charge in [0.2, 0.25) is 0 Å². The second-order valence-corrected chi connectivity index (χ2v) is 8.57. The molecule has 0 radical (unpaired) electrons. The molecule has 1 aliphatic carbocycles. The maximum Gasteiger partial charge on any atom is 0.0693 e. The minimum atomic E-state index is -0.316. The highest BCUT2D eigenvalue weighted by Crippen LogP contribution is 2.29. The first-order valence-electron chi connectivity index (χ1n) is 11.6. The van der Waals surface area contributed by atoms with Crippen LogP contribution in [0.1, 0.15) is 87.4 Å². The van der Waals surface area contributed by atoms with Gasteiger partial charge in [0.15, 0.2) is 0 Å². The number of aliphatic hydroxyl groups is 1. The predicted octanol–water partition coefficient (Wildman–Crippen LogP) is 5.66. The second-order valence-electron chi connectivity index (χ2n) is 8.57. The van der Waals surface area contributed by atoms with Gasteiger partial charge in [-0.2, -0.15) is 0 Å². The largest absolute Gasteiger partial charge is 0.392 e. The lowest BCUT2D eigenvalue weighted by Crippen LogP contribution is -2.45. The van der Waals surface area contributed by atoms with Gasteiger partial charge in [-0.1, -0.05) is 112 Å². The topological polar surface area (TPSA) is 58.3 Å². The van der Waals surface area contributed by atoms with Crippen LogP contribution in [0.3, 0.4) is 0 Å². The quantitative estimate of drug-likeness (QED) is 0.613. The van der Waals surface area contributed by atoms with E-state index in [1.54, 1.807) is 0 Å². The summed E-state index contributed by atoms with van der Waals surface area (Å²) < 4.78 is 0. The highest BCUT2D eigenvalue weighted by atomic mass is 16.3. The molecular weight excluding hydrogens is 356 g/mol. The van der Waals surface area contributed by atoms with E-state index in [1.807, 2.05) is 24.3 Å². The molecule has 0 aliphatic heterocycles. The lowest BCUT2D eigenvalue weighted by atomic mass is 9.90. The van der Waals surface area contributed by atoms with Crippen molar-refractivity contribution in [2.45, 2.75) is 88.4 Å². The van der Waals surface area contributed by atoms with E-state index in [0.717, 1.165) is 31.2 Å². The Morgan fingerprint density at radius 2 is 1.17 bits per heavy atom. The number of nitrogens with one attached hydrogen (secondary N) is 1. The first-order chi connectivity index (χ1) is 14.3. The Hall–Kier alpha value is -1.68. The molecule has 1 fully saturated rings. The van der Waals surface area contributed by atoms with E-state index >= 15 is 0 Å². The summed E-state index contributed by atoms with van der Waals surface area (Å²) in [4.78, 5) is 0. The molecule has 1 saturated carbocycles. The molecule has 1 aliphatic rings.